The standard InChI is InChI=1S/C17H19N3O/c1-12-8-13(2)19-17(16(12)10-18)20(3)11-14-6-5-7-15(9-14)21-4/h5-9H,11H2,1-4H3. The number of anilines is 1. The van der Waals surface area contributed by atoms with E-state index in [1.54, 1.807) is 7.11 Å². The van der Waals surface area contributed by atoms with Crippen LogP contribution in [0.4, 0.5) is 5.82 Å². The first-order valence-corrected chi connectivity index (χ1v) is 6.77. The van der Waals surface area contributed by atoms with E-state index < -0.39 is 0 Å². The summed E-state index contributed by atoms with van der Waals surface area (Å²) in [5.41, 5.74) is 3.61. The van der Waals surface area contributed by atoms with Crippen molar-refractivity contribution in [3.8, 4) is 11.8 Å². The summed E-state index contributed by atoms with van der Waals surface area (Å²) in [6.45, 7) is 4.55. The highest BCUT2D eigenvalue weighted by Crippen LogP contribution is 2.23. The number of hydrogen-bond acceptors (Lipinski definition) is 4. The van der Waals surface area contributed by atoms with Gasteiger partial charge in [-0.3, -0.25) is 0 Å². The van der Waals surface area contributed by atoms with Crippen LogP contribution in [0.3, 0.4) is 0 Å². The van der Waals surface area contributed by atoms with Crippen LogP contribution < -0.4 is 9.64 Å². The van der Waals surface area contributed by atoms with Gasteiger partial charge in [0.1, 0.15) is 17.6 Å². The average Bonchev–Trinajstić information content (AvgIpc) is 2.46. The van der Waals surface area contributed by atoms with Crippen LogP contribution in [0.1, 0.15) is 22.4 Å². The Kier molecular flexibility index (Phi) is 4.44. The first-order valence-electron chi connectivity index (χ1n) is 6.77. The highest BCUT2D eigenvalue weighted by atomic mass is 16.5. The monoisotopic (exact) mass is 281 g/mol. The zero-order chi connectivity index (χ0) is 15.4. The van der Waals surface area contributed by atoms with Gasteiger partial charge >= 0.3 is 0 Å². The van der Waals surface area contributed by atoms with Crippen LogP contribution in [0, 0.1) is 25.2 Å². The van der Waals surface area contributed by atoms with Crippen LogP contribution in [0.25, 0.3) is 0 Å². The zero-order valence-electron chi connectivity index (χ0n) is 12.8. The van der Waals surface area contributed by atoms with Crippen LogP contribution in [0.2, 0.25) is 0 Å². The van der Waals surface area contributed by atoms with Crippen LogP contribution in [-0.2, 0) is 6.54 Å². The number of aromatic nitrogens is 1. The molecule has 0 saturated heterocycles. The van der Waals surface area contributed by atoms with Gasteiger partial charge in [-0.05, 0) is 43.2 Å². The molecule has 0 aliphatic carbocycles. The Labute approximate surface area is 125 Å². The van der Waals surface area contributed by atoms with Crippen molar-refractivity contribution in [1.82, 2.24) is 4.98 Å². The minimum atomic E-state index is 0.631. The zero-order valence-corrected chi connectivity index (χ0v) is 12.8. The molecule has 0 spiro atoms. The maximum atomic E-state index is 9.35. The molecule has 1 aromatic heterocycles. The number of benzene rings is 1. The summed E-state index contributed by atoms with van der Waals surface area (Å²) in [5, 5.41) is 9.35. The van der Waals surface area contributed by atoms with Crippen LogP contribution in [0.15, 0.2) is 30.3 Å². The first kappa shape index (κ1) is 14.9. The number of methoxy groups -OCH3 is 1. The van der Waals surface area contributed by atoms with Gasteiger partial charge in [-0.1, -0.05) is 12.1 Å². The van der Waals surface area contributed by atoms with E-state index in [1.807, 2.05) is 56.1 Å². The first-order chi connectivity index (χ1) is 10.0. The molecule has 0 amide bonds. The van der Waals surface area contributed by atoms with Gasteiger partial charge in [0.15, 0.2) is 0 Å². The minimum Gasteiger partial charge on any atom is -0.497 e. The van der Waals surface area contributed by atoms with Crippen molar-refractivity contribution < 1.29 is 4.74 Å². The van der Waals surface area contributed by atoms with Gasteiger partial charge in [-0.25, -0.2) is 4.98 Å². The molecule has 1 heterocycles. The third kappa shape index (κ3) is 3.32. The third-order valence-electron chi connectivity index (χ3n) is 3.35. The fourth-order valence-corrected chi connectivity index (χ4v) is 2.35. The summed E-state index contributed by atoms with van der Waals surface area (Å²) in [7, 11) is 3.60. The molecule has 0 fully saturated rings. The molecule has 108 valence electrons. The molecule has 21 heavy (non-hydrogen) atoms. The van der Waals surface area contributed by atoms with Crippen molar-refractivity contribution in [1.29, 1.82) is 5.26 Å². The van der Waals surface area contributed by atoms with Crippen molar-refractivity contribution in [2.45, 2.75) is 20.4 Å². The molecule has 2 rings (SSSR count). The van der Waals surface area contributed by atoms with Gasteiger partial charge in [0.2, 0.25) is 0 Å². The Hall–Kier alpha value is -2.54. The normalized spacial score (nSPS) is 10.0. The van der Waals surface area contributed by atoms with Crippen LogP contribution in [-0.4, -0.2) is 19.1 Å². The average molecular weight is 281 g/mol. The SMILES string of the molecule is COc1cccc(CN(C)c2nc(C)cc(C)c2C#N)c1. The molecular weight excluding hydrogens is 262 g/mol. The predicted molar refractivity (Wildman–Crippen MR) is 83.5 cm³/mol. The number of rotatable bonds is 4. The quantitative estimate of drug-likeness (QED) is 0.863. The highest BCUT2D eigenvalue weighted by molar-refractivity contribution is 5.58. The Morgan fingerprint density at radius 1 is 1.29 bits per heavy atom. The number of nitriles is 1. The lowest BCUT2D eigenvalue weighted by Gasteiger charge is -2.21. The molecule has 1 aromatic carbocycles. The summed E-state index contributed by atoms with van der Waals surface area (Å²) < 4.78 is 5.24. The van der Waals surface area contributed by atoms with E-state index in [0.29, 0.717) is 12.1 Å². The van der Waals surface area contributed by atoms with E-state index in [1.165, 1.54) is 0 Å². The summed E-state index contributed by atoms with van der Waals surface area (Å²) in [4.78, 5) is 6.51. The molecule has 0 N–H and O–H groups in total. The third-order valence-corrected chi connectivity index (χ3v) is 3.35. The lowest BCUT2D eigenvalue weighted by atomic mass is 10.1. The fourth-order valence-electron chi connectivity index (χ4n) is 2.35. The second-order valence-electron chi connectivity index (χ2n) is 5.10. The predicted octanol–water partition coefficient (Wildman–Crippen LogP) is 3.22. The van der Waals surface area contributed by atoms with Gasteiger partial charge < -0.3 is 9.64 Å². The summed E-state index contributed by atoms with van der Waals surface area (Å²) >= 11 is 0. The fraction of sp³-hybridized carbons (Fsp3) is 0.294. The molecule has 0 radical (unpaired) electrons. The molecule has 0 bridgehead atoms. The number of aryl methyl sites for hydroxylation is 2. The van der Waals surface area contributed by atoms with Gasteiger partial charge in [-0.15, -0.1) is 0 Å². The highest BCUT2D eigenvalue weighted by Gasteiger charge is 2.13. The Morgan fingerprint density at radius 3 is 2.71 bits per heavy atom. The second kappa shape index (κ2) is 6.27. The van der Waals surface area contributed by atoms with Crippen molar-refractivity contribution >= 4 is 5.82 Å². The van der Waals surface area contributed by atoms with Crippen molar-refractivity contribution in [2.75, 3.05) is 19.1 Å². The lowest BCUT2D eigenvalue weighted by Crippen LogP contribution is -2.19. The molecule has 0 atom stereocenters. The van der Waals surface area contributed by atoms with Crippen molar-refractivity contribution in [3.63, 3.8) is 0 Å². The van der Waals surface area contributed by atoms with Gasteiger partial charge in [-0.2, -0.15) is 5.26 Å². The molecule has 0 unspecified atom stereocenters. The smallest absolute Gasteiger partial charge is 0.147 e. The number of pyridine rings is 1. The molecule has 2 aromatic rings. The lowest BCUT2D eigenvalue weighted by molar-refractivity contribution is 0.414. The molecule has 4 nitrogen and oxygen atoms in total. The minimum absolute atomic E-state index is 0.631. The van der Waals surface area contributed by atoms with Gasteiger partial charge in [0, 0.05) is 19.3 Å². The van der Waals surface area contributed by atoms with Crippen molar-refractivity contribution in [2.24, 2.45) is 0 Å². The second-order valence-corrected chi connectivity index (χ2v) is 5.10. The Bertz CT molecular complexity index is 689. The molecule has 0 aliphatic heterocycles. The summed E-state index contributed by atoms with van der Waals surface area (Å²) in [6, 6.07) is 12.1. The largest absolute Gasteiger partial charge is 0.497 e. The van der Waals surface area contributed by atoms with E-state index in [-0.39, 0.29) is 0 Å². The number of nitrogens with zero attached hydrogens (tertiary/aromatic N) is 3. The number of hydrogen-bond donors (Lipinski definition) is 0. The summed E-state index contributed by atoms with van der Waals surface area (Å²) in [6.07, 6.45) is 0. The van der Waals surface area contributed by atoms with Crippen LogP contribution >= 0.6 is 0 Å². The van der Waals surface area contributed by atoms with E-state index in [2.05, 4.69) is 11.1 Å². The van der Waals surface area contributed by atoms with E-state index >= 15 is 0 Å². The molecule has 0 saturated carbocycles. The van der Waals surface area contributed by atoms with Crippen molar-refractivity contribution in [3.05, 3.63) is 52.7 Å². The van der Waals surface area contributed by atoms with E-state index in [4.69, 9.17) is 4.74 Å². The number of ether oxygens (including phenoxy) is 1. The van der Waals surface area contributed by atoms with Gasteiger partial charge in [0.25, 0.3) is 0 Å². The maximum Gasteiger partial charge on any atom is 0.147 e. The molecule has 0 aliphatic rings. The molecular formula is C17H19N3O. The van der Waals surface area contributed by atoms with E-state index in [9.17, 15) is 5.26 Å². The van der Waals surface area contributed by atoms with E-state index in [0.717, 1.165) is 28.4 Å². The topological polar surface area (TPSA) is 49.1 Å². The van der Waals surface area contributed by atoms with Gasteiger partial charge in [0.05, 0.1) is 12.7 Å². The Balaban J connectivity index is 2.32. The Morgan fingerprint density at radius 2 is 2.05 bits per heavy atom. The van der Waals surface area contributed by atoms with Crippen LogP contribution in [0.5, 0.6) is 5.75 Å². The molecule has 4 heteroatoms. The summed E-state index contributed by atoms with van der Waals surface area (Å²) in [5.74, 6) is 1.55. The maximum absolute atomic E-state index is 9.35.